The Morgan fingerprint density at radius 3 is 2.83 bits per heavy atom. The number of hydrogen-bond donors (Lipinski definition) is 1. The van der Waals surface area contributed by atoms with Gasteiger partial charge in [0.2, 0.25) is 0 Å². The lowest BCUT2D eigenvalue weighted by molar-refractivity contribution is 0.298. The van der Waals surface area contributed by atoms with Gasteiger partial charge in [0.15, 0.2) is 0 Å². The van der Waals surface area contributed by atoms with Crippen molar-refractivity contribution in [2.75, 3.05) is 13.2 Å². The molecular formula is C15H22FNO. The maximum Gasteiger partial charge on any atom is 0.131 e. The number of ether oxygens (including phenoxy) is 1. The van der Waals surface area contributed by atoms with E-state index in [0.717, 1.165) is 19.6 Å². The topological polar surface area (TPSA) is 21.3 Å². The Morgan fingerprint density at radius 2 is 2.22 bits per heavy atom. The minimum absolute atomic E-state index is 0.0439. The van der Waals surface area contributed by atoms with Crippen LogP contribution in [0, 0.1) is 11.7 Å². The van der Waals surface area contributed by atoms with Crippen LogP contribution in [0.3, 0.4) is 0 Å². The molecule has 0 radical (unpaired) electrons. The molecule has 100 valence electrons. The highest BCUT2D eigenvalue weighted by atomic mass is 19.1. The van der Waals surface area contributed by atoms with Crippen molar-refractivity contribution in [2.24, 2.45) is 5.92 Å². The third-order valence-corrected chi connectivity index (χ3v) is 3.32. The van der Waals surface area contributed by atoms with Gasteiger partial charge in [0.05, 0.1) is 6.61 Å². The molecular weight excluding hydrogens is 229 g/mol. The van der Waals surface area contributed by atoms with Gasteiger partial charge in [0, 0.05) is 17.7 Å². The normalized spacial score (nSPS) is 16.6. The molecule has 0 spiro atoms. The average Bonchev–Trinajstić information content (AvgIpc) is 3.17. The number of benzene rings is 1. The van der Waals surface area contributed by atoms with E-state index in [4.69, 9.17) is 4.74 Å². The van der Waals surface area contributed by atoms with Gasteiger partial charge in [-0.2, -0.15) is 0 Å². The number of rotatable bonds is 7. The molecule has 1 aromatic rings. The fraction of sp³-hybridized carbons (Fsp3) is 0.600. The maximum atomic E-state index is 13.9. The first-order chi connectivity index (χ1) is 8.70. The van der Waals surface area contributed by atoms with E-state index in [1.807, 2.05) is 19.1 Å². The Kier molecular flexibility index (Phi) is 4.59. The van der Waals surface area contributed by atoms with E-state index in [2.05, 4.69) is 12.2 Å². The van der Waals surface area contributed by atoms with Crippen LogP contribution in [0.4, 0.5) is 4.39 Å². The van der Waals surface area contributed by atoms with Crippen molar-refractivity contribution in [1.29, 1.82) is 0 Å². The van der Waals surface area contributed by atoms with E-state index in [-0.39, 0.29) is 11.9 Å². The second kappa shape index (κ2) is 6.19. The minimum atomic E-state index is -0.181. The van der Waals surface area contributed by atoms with Gasteiger partial charge in [-0.05, 0) is 44.7 Å². The van der Waals surface area contributed by atoms with Crippen LogP contribution >= 0.6 is 0 Å². The lowest BCUT2D eigenvalue weighted by Gasteiger charge is -2.15. The molecule has 1 fully saturated rings. The molecule has 1 aliphatic carbocycles. The van der Waals surface area contributed by atoms with Crippen molar-refractivity contribution >= 4 is 0 Å². The molecule has 1 atom stereocenters. The molecule has 18 heavy (non-hydrogen) atoms. The van der Waals surface area contributed by atoms with Crippen molar-refractivity contribution in [3.8, 4) is 5.75 Å². The number of halogens is 1. The van der Waals surface area contributed by atoms with E-state index in [1.54, 1.807) is 0 Å². The largest absolute Gasteiger partial charge is 0.493 e. The summed E-state index contributed by atoms with van der Waals surface area (Å²) in [5.74, 6) is 1.16. The summed E-state index contributed by atoms with van der Waals surface area (Å²) in [6.45, 7) is 5.71. The highest BCUT2D eigenvalue weighted by Crippen LogP contribution is 2.30. The summed E-state index contributed by atoms with van der Waals surface area (Å²) in [6, 6.07) is 5.24. The van der Waals surface area contributed by atoms with Crippen LogP contribution < -0.4 is 10.1 Å². The van der Waals surface area contributed by atoms with Crippen molar-refractivity contribution in [3.63, 3.8) is 0 Å². The first kappa shape index (κ1) is 13.3. The van der Waals surface area contributed by atoms with Crippen molar-refractivity contribution in [1.82, 2.24) is 5.32 Å². The quantitative estimate of drug-likeness (QED) is 0.798. The number of hydrogen-bond acceptors (Lipinski definition) is 2. The van der Waals surface area contributed by atoms with Gasteiger partial charge in [-0.15, -0.1) is 0 Å². The van der Waals surface area contributed by atoms with E-state index in [1.165, 1.54) is 18.9 Å². The Labute approximate surface area is 109 Å². The summed E-state index contributed by atoms with van der Waals surface area (Å²) in [6.07, 6.45) is 3.55. The van der Waals surface area contributed by atoms with Crippen LogP contribution in [0.25, 0.3) is 0 Å². The highest BCUT2D eigenvalue weighted by Gasteiger charge is 2.22. The lowest BCUT2D eigenvalue weighted by Crippen LogP contribution is -2.20. The Morgan fingerprint density at radius 1 is 1.44 bits per heavy atom. The molecule has 1 saturated carbocycles. The van der Waals surface area contributed by atoms with Gasteiger partial charge in [-0.25, -0.2) is 4.39 Å². The molecule has 0 aliphatic heterocycles. The first-order valence-electron chi connectivity index (χ1n) is 6.86. The molecule has 1 unspecified atom stereocenters. The zero-order valence-corrected chi connectivity index (χ0v) is 11.2. The van der Waals surface area contributed by atoms with Crippen molar-refractivity contribution in [3.05, 3.63) is 29.6 Å². The second-order valence-electron chi connectivity index (χ2n) is 5.11. The minimum Gasteiger partial charge on any atom is -0.493 e. The van der Waals surface area contributed by atoms with Gasteiger partial charge < -0.3 is 10.1 Å². The van der Waals surface area contributed by atoms with E-state index in [9.17, 15) is 4.39 Å². The van der Waals surface area contributed by atoms with Gasteiger partial charge in [-0.3, -0.25) is 0 Å². The summed E-state index contributed by atoms with van der Waals surface area (Å²) in [7, 11) is 0. The first-order valence-corrected chi connectivity index (χ1v) is 6.86. The zero-order chi connectivity index (χ0) is 13.0. The third-order valence-electron chi connectivity index (χ3n) is 3.32. The van der Waals surface area contributed by atoms with Crippen molar-refractivity contribution in [2.45, 2.75) is 39.2 Å². The van der Waals surface area contributed by atoms with Crippen LogP contribution in [0.15, 0.2) is 18.2 Å². The number of nitrogens with one attached hydrogen (secondary N) is 1. The zero-order valence-electron chi connectivity index (χ0n) is 11.2. The van der Waals surface area contributed by atoms with Gasteiger partial charge in [0.25, 0.3) is 0 Å². The molecule has 0 heterocycles. The highest BCUT2D eigenvalue weighted by molar-refractivity contribution is 5.30. The van der Waals surface area contributed by atoms with Crippen LogP contribution in [0.5, 0.6) is 5.75 Å². The van der Waals surface area contributed by atoms with E-state index >= 15 is 0 Å². The van der Waals surface area contributed by atoms with Crippen LogP contribution in [0.1, 0.15) is 44.7 Å². The van der Waals surface area contributed by atoms with E-state index < -0.39 is 0 Å². The summed E-state index contributed by atoms with van der Waals surface area (Å²) >= 11 is 0. The Balaban J connectivity index is 1.94. The molecule has 0 amide bonds. The Hall–Kier alpha value is -1.09. The summed E-state index contributed by atoms with van der Waals surface area (Å²) in [4.78, 5) is 0. The van der Waals surface area contributed by atoms with E-state index in [0.29, 0.717) is 17.2 Å². The second-order valence-corrected chi connectivity index (χ2v) is 5.11. The van der Waals surface area contributed by atoms with Gasteiger partial charge in [0.1, 0.15) is 11.6 Å². The van der Waals surface area contributed by atoms with Crippen LogP contribution in [-0.2, 0) is 0 Å². The standard InChI is InChI=1S/C15H22FNO/c1-3-8-17-11(2)14-7-6-13(9-15(14)16)18-10-12-4-5-12/h6-7,9,11-12,17H,3-5,8,10H2,1-2H3. The maximum absolute atomic E-state index is 13.9. The average molecular weight is 251 g/mol. The summed E-state index contributed by atoms with van der Waals surface area (Å²) in [5, 5.41) is 3.29. The molecule has 2 rings (SSSR count). The monoisotopic (exact) mass is 251 g/mol. The molecule has 2 nitrogen and oxygen atoms in total. The summed E-state index contributed by atoms with van der Waals surface area (Å²) < 4.78 is 19.5. The molecule has 0 aromatic heterocycles. The van der Waals surface area contributed by atoms with Crippen molar-refractivity contribution < 1.29 is 9.13 Å². The van der Waals surface area contributed by atoms with Crippen LogP contribution in [0.2, 0.25) is 0 Å². The van der Waals surface area contributed by atoms with Gasteiger partial charge in [-0.1, -0.05) is 13.0 Å². The summed E-state index contributed by atoms with van der Waals surface area (Å²) in [5.41, 5.74) is 0.710. The third kappa shape index (κ3) is 3.70. The molecule has 3 heteroatoms. The molecule has 1 aromatic carbocycles. The molecule has 0 bridgehead atoms. The predicted molar refractivity (Wildman–Crippen MR) is 71.3 cm³/mol. The Bertz CT molecular complexity index is 390. The molecule has 1 aliphatic rings. The SMILES string of the molecule is CCCNC(C)c1ccc(OCC2CC2)cc1F. The van der Waals surface area contributed by atoms with Crippen LogP contribution in [-0.4, -0.2) is 13.2 Å². The lowest BCUT2D eigenvalue weighted by atomic mass is 10.1. The predicted octanol–water partition coefficient (Wildman–Crippen LogP) is 3.68. The smallest absolute Gasteiger partial charge is 0.131 e. The van der Waals surface area contributed by atoms with Gasteiger partial charge >= 0.3 is 0 Å². The molecule has 1 N–H and O–H groups in total. The molecule has 0 saturated heterocycles. The fourth-order valence-electron chi connectivity index (χ4n) is 1.92. The fourth-order valence-corrected chi connectivity index (χ4v) is 1.92.